The third-order valence-electron chi connectivity index (χ3n) is 2.75. The first-order valence-electron chi connectivity index (χ1n) is 6.30. The highest BCUT2D eigenvalue weighted by Crippen LogP contribution is 2.15. The Morgan fingerprint density at radius 1 is 1.50 bits per heavy atom. The topological polar surface area (TPSA) is 79.7 Å². The van der Waals surface area contributed by atoms with Crippen LogP contribution in [0.15, 0.2) is 22.0 Å². The van der Waals surface area contributed by atoms with Gasteiger partial charge in [-0.3, -0.25) is 4.79 Å². The molecule has 0 saturated carbocycles. The van der Waals surface area contributed by atoms with E-state index >= 15 is 0 Å². The van der Waals surface area contributed by atoms with Crippen LogP contribution >= 0.6 is 15.9 Å². The van der Waals surface area contributed by atoms with E-state index in [2.05, 4.69) is 36.4 Å². The fourth-order valence-corrected chi connectivity index (χ4v) is 1.83. The van der Waals surface area contributed by atoms with Crippen LogP contribution in [0.4, 0.5) is 5.95 Å². The van der Waals surface area contributed by atoms with E-state index < -0.39 is 0 Å². The van der Waals surface area contributed by atoms with Crippen molar-refractivity contribution in [2.24, 2.45) is 5.16 Å². The lowest BCUT2D eigenvalue weighted by atomic mass is 10.2. The summed E-state index contributed by atoms with van der Waals surface area (Å²) >= 11 is 3.29. The van der Waals surface area contributed by atoms with Gasteiger partial charge < -0.3 is 15.1 Å². The Bertz CT molecular complexity index is 483. The second-order valence-corrected chi connectivity index (χ2v) is 5.24. The van der Waals surface area contributed by atoms with Gasteiger partial charge >= 0.3 is 0 Å². The minimum absolute atomic E-state index is 0.0171. The molecule has 1 aliphatic heterocycles. The lowest BCUT2D eigenvalue weighted by Crippen LogP contribution is -2.48. The molecule has 1 aliphatic rings. The molecule has 0 aliphatic carbocycles. The predicted octanol–water partition coefficient (Wildman–Crippen LogP) is 0.958. The smallest absolute Gasteiger partial charge is 0.226 e. The maximum Gasteiger partial charge on any atom is 0.226 e. The predicted molar refractivity (Wildman–Crippen MR) is 78.6 cm³/mol. The van der Waals surface area contributed by atoms with Crippen molar-refractivity contribution < 1.29 is 9.63 Å². The molecular weight excluding hydrogens is 326 g/mol. The lowest BCUT2D eigenvalue weighted by molar-refractivity contribution is -0.120. The average molecular weight is 342 g/mol. The first-order valence-corrected chi connectivity index (χ1v) is 7.09. The van der Waals surface area contributed by atoms with Crippen LogP contribution in [-0.2, 0) is 9.63 Å². The summed E-state index contributed by atoms with van der Waals surface area (Å²) in [6, 6.07) is 0. The summed E-state index contributed by atoms with van der Waals surface area (Å²) in [4.78, 5) is 26.5. The van der Waals surface area contributed by atoms with Gasteiger partial charge in [0.2, 0.25) is 11.9 Å². The summed E-state index contributed by atoms with van der Waals surface area (Å²) in [6.07, 6.45) is 4.55. The molecule has 7 nitrogen and oxygen atoms in total. The number of carbonyl (C=O) groups excluding carboxylic acids is 1. The van der Waals surface area contributed by atoms with E-state index in [4.69, 9.17) is 4.84 Å². The monoisotopic (exact) mass is 341 g/mol. The quantitative estimate of drug-likeness (QED) is 0.615. The van der Waals surface area contributed by atoms with Crippen LogP contribution in [0.3, 0.4) is 0 Å². The van der Waals surface area contributed by atoms with Crippen molar-refractivity contribution in [2.45, 2.75) is 12.8 Å². The van der Waals surface area contributed by atoms with Crippen LogP contribution in [0, 0.1) is 0 Å². The largest absolute Gasteiger partial charge is 0.396 e. The summed E-state index contributed by atoms with van der Waals surface area (Å²) < 4.78 is 0.857. The van der Waals surface area contributed by atoms with Crippen LogP contribution in [-0.4, -0.2) is 48.3 Å². The molecular formula is C12H16BrN5O2. The zero-order valence-corrected chi connectivity index (χ0v) is 12.8. The number of anilines is 1. The fraction of sp³-hybridized carbons (Fsp3) is 0.500. The Kier molecular flexibility index (Phi) is 5.28. The third kappa shape index (κ3) is 4.16. The molecule has 2 heterocycles. The SMILES string of the molecule is CNC(=O)CCCON=C1CN(c2ncc(Br)cn2)C1. The Labute approximate surface area is 125 Å². The van der Waals surface area contributed by atoms with E-state index in [1.165, 1.54) is 0 Å². The minimum atomic E-state index is 0.0171. The zero-order chi connectivity index (χ0) is 14.4. The van der Waals surface area contributed by atoms with Crippen molar-refractivity contribution in [3.63, 3.8) is 0 Å². The highest BCUT2D eigenvalue weighted by atomic mass is 79.9. The van der Waals surface area contributed by atoms with Gasteiger partial charge in [0.15, 0.2) is 0 Å². The molecule has 1 aromatic heterocycles. The molecule has 1 N–H and O–H groups in total. The maximum absolute atomic E-state index is 11.0. The van der Waals surface area contributed by atoms with Crippen LogP contribution in [0.25, 0.3) is 0 Å². The van der Waals surface area contributed by atoms with Gasteiger partial charge in [0.25, 0.3) is 0 Å². The van der Waals surface area contributed by atoms with Crippen LogP contribution in [0.1, 0.15) is 12.8 Å². The number of nitrogens with one attached hydrogen (secondary N) is 1. The molecule has 0 bridgehead atoms. The van der Waals surface area contributed by atoms with E-state index in [9.17, 15) is 4.79 Å². The van der Waals surface area contributed by atoms with E-state index in [1.807, 2.05) is 4.90 Å². The van der Waals surface area contributed by atoms with Crippen molar-refractivity contribution in [3.05, 3.63) is 16.9 Å². The highest BCUT2D eigenvalue weighted by Gasteiger charge is 2.24. The second kappa shape index (κ2) is 7.18. The molecule has 1 amide bonds. The van der Waals surface area contributed by atoms with Crippen molar-refractivity contribution in [3.8, 4) is 0 Å². The molecule has 0 atom stereocenters. The summed E-state index contributed by atoms with van der Waals surface area (Å²) in [5.74, 6) is 0.704. The first-order chi connectivity index (χ1) is 9.69. The fourth-order valence-electron chi connectivity index (χ4n) is 1.62. The molecule has 2 rings (SSSR count). The molecule has 0 aromatic carbocycles. The van der Waals surface area contributed by atoms with Crippen molar-refractivity contribution in [2.75, 3.05) is 31.6 Å². The van der Waals surface area contributed by atoms with E-state index in [-0.39, 0.29) is 5.91 Å². The Hall–Kier alpha value is -1.70. The molecule has 0 unspecified atom stereocenters. The molecule has 1 saturated heterocycles. The summed E-state index contributed by atoms with van der Waals surface area (Å²) in [6.45, 7) is 1.81. The number of nitrogens with zero attached hydrogens (tertiary/aromatic N) is 4. The lowest BCUT2D eigenvalue weighted by Gasteiger charge is -2.31. The summed E-state index contributed by atoms with van der Waals surface area (Å²) in [7, 11) is 1.62. The van der Waals surface area contributed by atoms with Gasteiger partial charge in [0.1, 0.15) is 6.61 Å². The minimum Gasteiger partial charge on any atom is -0.396 e. The van der Waals surface area contributed by atoms with Crippen molar-refractivity contribution in [1.29, 1.82) is 0 Å². The number of carbonyl (C=O) groups is 1. The van der Waals surface area contributed by atoms with Crippen LogP contribution in [0.5, 0.6) is 0 Å². The Morgan fingerprint density at radius 2 is 2.20 bits per heavy atom. The van der Waals surface area contributed by atoms with Gasteiger partial charge in [-0.15, -0.1) is 0 Å². The number of oxime groups is 1. The van der Waals surface area contributed by atoms with E-state index in [0.717, 1.165) is 10.2 Å². The second-order valence-electron chi connectivity index (χ2n) is 4.32. The molecule has 8 heteroatoms. The normalized spacial score (nSPS) is 13.7. The Morgan fingerprint density at radius 3 is 2.85 bits per heavy atom. The molecule has 0 radical (unpaired) electrons. The van der Waals surface area contributed by atoms with Gasteiger partial charge in [0, 0.05) is 25.9 Å². The summed E-state index contributed by atoms with van der Waals surface area (Å²) in [5.41, 5.74) is 0.955. The Balaban J connectivity index is 1.64. The maximum atomic E-state index is 11.0. The number of amides is 1. The number of aromatic nitrogens is 2. The highest BCUT2D eigenvalue weighted by molar-refractivity contribution is 9.10. The number of rotatable bonds is 6. The van der Waals surface area contributed by atoms with Gasteiger partial charge in [-0.1, -0.05) is 5.16 Å². The average Bonchev–Trinajstić information content (AvgIpc) is 2.41. The van der Waals surface area contributed by atoms with Gasteiger partial charge in [-0.05, 0) is 22.4 Å². The summed E-state index contributed by atoms with van der Waals surface area (Å²) in [5, 5.41) is 6.58. The number of hydrogen-bond acceptors (Lipinski definition) is 6. The first kappa shape index (κ1) is 14.7. The van der Waals surface area contributed by atoms with E-state index in [0.29, 0.717) is 38.5 Å². The van der Waals surface area contributed by atoms with Gasteiger partial charge in [-0.2, -0.15) is 0 Å². The van der Waals surface area contributed by atoms with Crippen LogP contribution < -0.4 is 10.2 Å². The van der Waals surface area contributed by atoms with Gasteiger partial charge in [0.05, 0.1) is 23.3 Å². The van der Waals surface area contributed by atoms with Crippen molar-refractivity contribution >= 4 is 33.5 Å². The molecule has 1 fully saturated rings. The molecule has 0 spiro atoms. The third-order valence-corrected chi connectivity index (χ3v) is 3.16. The molecule has 1 aromatic rings. The molecule has 108 valence electrons. The number of hydrogen-bond donors (Lipinski definition) is 1. The van der Waals surface area contributed by atoms with Crippen LogP contribution in [0.2, 0.25) is 0 Å². The zero-order valence-electron chi connectivity index (χ0n) is 11.2. The molecule has 20 heavy (non-hydrogen) atoms. The van der Waals surface area contributed by atoms with Gasteiger partial charge in [-0.25, -0.2) is 9.97 Å². The number of halogens is 1. The van der Waals surface area contributed by atoms with E-state index in [1.54, 1.807) is 19.4 Å². The standard InChI is InChI=1S/C12H16BrN5O2/c1-14-11(19)3-2-4-20-17-10-7-18(8-10)12-15-5-9(13)6-16-12/h5-6H,2-4,7-8H2,1H3,(H,14,19). The van der Waals surface area contributed by atoms with Crippen molar-refractivity contribution in [1.82, 2.24) is 15.3 Å².